The molecule has 1 N–H and O–H groups in total. The van der Waals surface area contributed by atoms with Crippen molar-refractivity contribution in [1.29, 1.82) is 0 Å². The Kier molecular flexibility index (Phi) is 8.18. The molecule has 2 aliphatic carbocycles. The molecule has 1 amide bonds. The van der Waals surface area contributed by atoms with E-state index >= 15 is 0 Å². The smallest absolute Gasteiger partial charge is 0.251 e. The van der Waals surface area contributed by atoms with E-state index in [-0.39, 0.29) is 21.9 Å². The summed E-state index contributed by atoms with van der Waals surface area (Å²) in [6.45, 7) is 7.20. The van der Waals surface area contributed by atoms with Gasteiger partial charge in [0, 0.05) is 30.0 Å². The highest BCUT2D eigenvalue weighted by Gasteiger charge is 2.42. The van der Waals surface area contributed by atoms with E-state index in [0.717, 1.165) is 44.4 Å². The molecule has 0 aliphatic heterocycles. The van der Waals surface area contributed by atoms with Crippen molar-refractivity contribution < 1.29 is 14.0 Å². The van der Waals surface area contributed by atoms with Gasteiger partial charge in [0.15, 0.2) is 0 Å². The Morgan fingerprint density at radius 2 is 1.77 bits per heavy atom. The lowest BCUT2D eigenvalue weighted by Gasteiger charge is -2.35. The molecular formula is C26H37ClFNO2. The topological polar surface area (TPSA) is 46.2 Å². The molecule has 0 spiro atoms. The van der Waals surface area contributed by atoms with E-state index in [1.165, 1.54) is 31.0 Å². The normalized spacial score (nSPS) is 25.5. The first-order valence-corrected chi connectivity index (χ1v) is 12.2. The highest BCUT2D eigenvalue weighted by Crippen LogP contribution is 2.50. The molecule has 31 heavy (non-hydrogen) atoms. The highest BCUT2D eigenvalue weighted by atomic mass is 35.5. The number of carbonyl (C=O) groups is 2. The number of fused-ring (bicyclic) bond motifs is 2. The van der Waals surface area contributed by atoms with Crippen LogP contribution in [0.25, 0.3) is 0 Å². The van der Waals surface area contributed by atoms with Crippen LogP contribution in [0.4, 0.5) is 4.39 Å². The van der Waals surface area contributed by atoms with Gasteiger partial charge >= 0.3 is 0 Å². The number of amides is 1. The summed E-state index contributed by atoms with van der Waals surface area (Å²) >= 11 is 5.86. The molecule has 172 valence electrons. The Labute approximate surface area is 191 Å². The number of halogens is 2. The predicted octanol–water partition coefficient (Wildman–Crippen LogP) is 6.83. The van der Waals surface area contributed by atoms with Gasteiger partial charge in [-0.2, -0.15) is 0 Å². The minimum absolute atomic E-state index is 0.226. The maximum atomic E-state index is 13.5. The summed E-state index contributed by atoms with van der Waals surface area (Å²) in [7, 11) is 0. The van der Waals surface area contributed by atoms with Gasteiger partial charge < -0.3 is 5.32 Å². The Bertz CT molecular complexity index is 754. The standard InChI is InChI=1S/C26H37ClFNO2/c1-26(2,3)10-9-23(30)5-4-6-24-18-7-8-19(24)12-17(11-18)16-29-25(31)20-13-21(27)15-22(28)14-20/h13-15,17-19,24H,4-12,16H2,1-3H3,(H,29,31)/t17-,18-,19+,24?. The van der Waals surface area contributed by atoms with Crippen molar-refractivity contribution >= 4 is 23.3 Å². The fraction of sp³-hybridized carbons (Fsp3) is 0.692. The number of hydrogen-bond acceptors (Lipinski definition) is 2. The van der Waals surface area contributed by atoms with Crippen molar-refractivity contribution in [2.45, 2.75) is 78.6 Å². The number of carbonyl (C=O) groups excluding carboxylic acids is 2. The monoisotopic (exact) mass is 449 g/mol. The largest absolute Gasteiger partial charge is 0.352 e. The Morgan fingerprint density at radius 3 is 2.39 bits per heavy atom. The van der Waals surface area contributed by atoms with Crippen LogP contribution in [0.2, 0.25) is 5.02 Å². The number of hydrogen-bond donors (Lipinski definition) is 1. The van der Waals surface area contributed by atoms with Crippen LogP contribution in [-0.4, -0.2) is 18.2 Å². The third-order valence-electron chi connectivity index (χ3n) is 7.21. The number of nitrogens with one attached hydrogen (secondary N) is 1. The quantitative estimate of drug-likeness (QED) is 0.449. The highest BCUT2D eigenvalue weighted by molar-refractivity contribution is 6.31. The van der Waals surface area contributed by atoms with Gasteiger partial charge in [-0.25, -0.2) is 4.39 Å². The minimum Gasteiger partial charge on any atom is -0.352 e. The molecule has 0 heterocycles. The predicted molar refractivity (Wildman–Crippen MR) is 124 cm³/mol. The molecule has 2 fully saturated rings. The summed E-state index contributed by atoms with van der Waals surface area (Å²) in [5.41, 5.74) is 0.501. The second-order valence-electron chi connectivity index (χ2n) is 11.0. The van der Waals surface area contributed by atoms with Crippen molar-refractivity contribution in [2.75, 3.05) is 6.54 Å². The zero-order chi connectivity index (χ0) is 22.6. The van der Waals surface area contributed by atoms with E-state index in [1.807, 2.05) is 0 Å². The van der Waals surface area contributed by atoms with Crippen molar-refractivity contribution in [3.05, 3.63) is 34.6 Å². The average molecular weight is 450 g/mol. The summed E-state index contributed by atoms with van der Waals surface area (Å²) < 4.78 is 13.5. The number of rotatable bonds is 9. The zero-order valence-corrected chi connectivity index (χ0v) is 19.9. The average Bonchev–Trinajstić information content (AvgIpc) is 2.91. The summed E-state index contributed by atoms with van der Waals surface area (Å²) in [6.07, 6.45) is 9.41. The SMILES string of the molecule is CC(C)(C)CCC(=O)CCCC1[C@@H]2CC[C@H]1C[C@H](CNC(=O)c1cc(F)cc(Cl)c1)C2. The van der Waals surface area contributed by atoms with E-state index < -0.39 is 5.82 Å². The van der Waals surface area contributed by atoms with Gasteiger partial charge in [0.25, 0.3) is 5.91 Å². The van der Waals surface area contributed by atoms with Gasteiger partial charge in [-0.15, -0.1) is 0 Å². The van der Waals surface area contributed by atoms with Gasteiger partial charge in [0.05, 0.1) is 0 Å². The molecule has 1 aromatic carbocycles. The molecular weight excluding hydrogens is 413 g/mol. The lowest BCUT2D eigenvalue weighted by atomic mass is 9.71. The maximum absolute atomic E-state index is 13.5. The first kappa shape index (κ1) is 24.2. The lowest BCUT2D eigenvalue weighted by Crippen LogP contribution is -2.35. The van der Waals surface area contributed by atoms with E-state index in [0.29, 0.717) is 36.5 Å². The molecule has 0 saturated heterocycles. The molecule has 0 radical (unpaired) electrons. The summed E-state index contributed by atoms with van der Waals surface area (Å²) in [5, 5.41) is 3.22. The van der Waals surface area contributed by atoms with Crippen molar-refractivity contribution in [3.8, 4) is 0 Å². The van der Waals surface area contributed by atoms with Gasteiger partial charge in [0.2, 0.25) is 0 Å². The van der Waals surface area contributed by atoms with Crippen molar-refractivity contribution in [1.82, 2.24) is 5.32 Å². The second-order valence-corrected chi connectivity index (χ2v) is 11.4. The number of benzene rings is 1. The molecule has 1 unspecified atom stereocenters. The van der Waals surface area contributed by atoms with Gasteiger partial charge in [0.1, 0.15) is 11.6 Å². The fourth-order valence-electron chi connectivity index (χ4n) is 5.62. The minimum atomic E-state index is -0.493. The number of ketones is 1. The Hall–Kier alpha value is -1.42. The molecule has 2 aliphatic rings. The van der Waals surface area contributed by atoms with Crippen molar-refractivity contribution in [2.24, 2.45) is 29.1 Å². The number of Topliss-reactive ketones (excluding diaryl/α,β-unsaturated/α-hetero) is 1. The van der Waals surface area contributed by atoms with Crippen molar-refractivity contribution in [3.63, 3.8) is 0 Å². The molecule has 2 bridgehead atoms. The van der Waals surface area contributed by atoms with Crippen LogP contribution in [-0.2, 0) is 4.79 Å². The fourth-order valence-corrected chi connectivity index (χ4v) is 5.84. The van der Waals surface area contributed by atoms with Gasteiger partial charge in [-0.1, -0.05) is 32.4 Å². The van der Waals surface area contributed by atoms with Crippen LogP contribution in [0.15, 0.2) is 18.2 Å². The van der Waals surface area contributed by atoms with Crippen LogP contribution in [0.1, 0.15) is 88.9 Å². The summed E-state index contributed by atoms with van der Waals surface area (Å²) in [5.74, 6) is 2.32. The first-order valence-electron chi connectivity index (χ1n) is 11.9. The van der Waals surface area contributed by atoms with Gasteiger partial charge in [-0.05, 0) is 92.2 Å². The zero-order valence-electron chi connectivity index (χ0n) is 19.2. The third-order valence-corrected chi connectivity index (χ3v) is 7.43. The van der Waals surface area contributed by atoms with E-state index in [1.54, 1.807) is 0 Å². The molecule has 2 saturated carbocycles. The first-order chi connectivity index (χ1) is 14.6. The molecule has 0 aromatic heterocycles. The van der Waals surface area contributed by atoms with Crippen LogP contribution >= 0.6 is 11.6 Å². The van der Waals surface area contributed by atoms with Crippen LogP contribution in [0.3, 0.4) is 0 Å². The molecule has 5 heteroatoms. The van der Waals surface area contributed by atoms with Crippen LogP contribution in [0, 0.1) is 34.9 Å². The Balaban J connectivity index is 1.40. The second kappa shape index (κ2) is 10.5. The summed E-state index contributed by atoms with van der Waals surface area (Å²) in [6, 6.07) is 3.93. The molecule has 4 atom stereocenters. The molecule has 3 nitrogen and oxygen atoms in total. The molecule has 1 aromatic rings. The Morgan fingerprint density at radius 1 is 1.10 bits per heavy atom. The van der Waals surface area contributed by atoms with Crippen LogP contribution in [0.5, 0.6) is 0 Å². The molecule has 3 rings (SSSR count). The third kappa shape index (κ3) is 7.30. The van der Waals surface area contributed by atoms with Crippen LogP contribution < -0.4 is 5.32 Å². The summed E-state index contributed by atoms with van der Waals surface area (Å²) in [4.78, 5) is 24.6. The van der Waals surface area contributed by atoms with E-state index in [2.05, 4.69) is 26.1 Å². The maximum Gasteiger partial charge on any atom is 0.251 e. The lowest BCUT2D eigenvalue weighted by molar-refractivity contribution is -0.119. The van der Waals surface area contributed by atoms with Gasteiger partial charge in [-0.3, -0.25) is 9.59 Å². The van der Waals surface area contributed by atoms with E-state index in [4.69, 9.17) is 11.6 Å². The van der Waals surface area contributed by atoms with E-state index in [9.17, 15) is 14.0 Å².